The van der Waals surface area contributed by atoms with Gasteiger partial charge in [0, 0.05) is 6.04 Å². The summed E-state index contributed by atoms with van der Waals surface area (Å²) in [7, 11) is 1.66. The quantitative estimate of drug-likeness (QED) is 0.868. The zero-order valence-corrected chi connectivity index (χ0v) is 15.6. The Morgan fingerprint density at radius 2 is 1.96 bits per heavy atom. The maximum Gasteiger partial charge on any atom is 0.238 e. The van der Waals surface area contributed by atoms with E-state index in [2.05, 4.69) is 28.4 Å². The number of benzene rings is 2. The van der Waals surface area contributed by atoms with Crippen LogP contribution in [0.1, 0.15) is 42.9 Å². The van der Waals surface area contributed by atoms with Crippen LogP contribution >= 0.6 is 0 Å². The number of nitrogens with one attached hydrogen (secondary N) is 1. The number of rotatable bonds is 5. The highest BCUT2D eigenvalue weighted by Crippen LogP contribution is 2.31. The maximum absolute atomic E-state index is 12.7. The highest BCUT2D eigenvalue weighted by molar-refractivity contribution is 5.93. The van der Waals surface area contributed by atoms with E-state index in [4.69, 9.17) is 4.74 Å². The van der Waals surface area contributed by atoms with Crippen molar-refractivity contribution < 1.29 is 9.53 Å². The molecule has 1 N–H and O–H groups in total. The molecule has 0 aromatic heterocycles. The van der Waals surface area contributed by atoms with Gasteiger partial charge >= 0.3 is 0 Å². The smallest absolute Gasteiger partial charge is 0.238 e. The van der Waals surface area contributed by atoms with E-state index in [-0.39, 0.29) is 11.9 Å². The Bertz CT molecular complexity index is 811. The van der Waals surface area contributed by atoms with E-state index in [9.17, 15) is 10.1 Å². The summed E-state index contributed by atoms with van der Waals surface area (Å²) in [5.41, 5.74) is 2.26. The van der Waals surface area contributed by atoms with E-state index in [1.807, 2.05) is 18.2 Å². The molecular formula is C22H25N3O2. The zero-order valence-electron chi connectivity index (χ0n) is 15.6. The van der Waals surface area contributed by atoms with Crippen LogP contribution in [0.2, 0.25) is 0 Å². The van der Waals surface area contributed by atoms with Crippen molar-refractivity contribution in [2.45, 2.75) is 31.7 Å². The molecule has 1 heterocycles. The molecule has 1 amide bonds. The van der Waals surface area contributed by atoms with Gasteiger partial charge in [-0.3, -0.25) is 9.69 Å². The number of anilines is 1. The van der Waals surface area contributed by atoms with Gasteiger partial charge in [0.05, 0.1) is 24.9 Å². The van der Waals surface area contributed by atoms with Crippen molar-refractivity contribution in [3.05, 3.63) is 59.7 Å². The first kappa shape index (κ1) is 18.9. The zero-order chi connectivity index (χ0) is 19.1. The predicted octanol–water partition coefficient (Wildman–Crippen LogP) is 4.12. The number of para-hydroxylation sites is 1. The van der Waals surface area contributed by atoms with Gasteiger partial charge in [-0.25, -0.2) is 0 Å². The van der Waals surface area contributed by atoms with Crippen LogP contribution in [0.5, 0.6) is 5.75 Å². The van der Waals surface area contributed by atoms with Crippen molar-refractivity contribution in [1.82, 2.24) is 4.90 Å². The Hall–Kier alpha value is -2.84. The number of methoxy groups -OCH3 is 1. The van der Waals surface area contributed by atoms with Gasteiger partial charge in [-0.2, -0.15) is 5.26 Å². The third-order valence-electron chi connectivity index (χ3n) is 5.03. The van der Waals surface area contributed by atoms with Gasteiger partial charge in [-0.15, -0.1) is 0 Å². The fraction of sp³-hybridized carbons (Fsp3) is 0.364. The number of ether oxygens (including phenoxy) is 1. The fourth-order valence-corrected chi connectivity index (χ4v) is 3.62. The van der Waals surface area contributed by atoms with Crippen molar-refractivity contribution in [2.24, 2.45) is 0 Å². The van der Waals surface area contributed by atoms with E-state index >= 15 is 0 Å². The van der Waals surface area contributed by atoms with Crippen LogP contribution in [0.25, 0.3) is 0 Å². The maximum atomic E-state index is 12.7. The van der Waals surface area contributed by atoms with Gasteiger partial charge in [0.25, 0.3) is 0 Å². The number of nitrogens with zero attached hydrogens (tertiary/aromatic N) is 2. The first-order chi connectivity index (χ1) is 13.2. The van der Waals surface area contributed by atoms with Gasteiger partial charge < -0.3 is 10.1 Å². The van der Waals surface area contributed by atoms with Crippen molar-refractivity contribution in [3.63, 3.8) is 0 Å². The van der Waals surface area contributed by atoms with Gasteiger partial charge in [0.2, 0.25) is 5.91 Å². The molecule has 3 rings (SSSR count). The topological polar surface area (TPSA) is 65.4 Å². The van der Waals surface area contributed by atoms with Crippen LogP contribution in [-0.2, 0) is 4.79 Å². The van der Waals surface area contributed by atoms with Crippen molar-refractivity contribution >= 4 is 11.6 Å². The lowest BCUT2D eigenvalue weighted by Crippen LogP contribution is -2.36. The molecule has 140 valence electrons. The molecule has 0 aliphatic carbocycles. The Balaban J connectivity index is 1.73. The number of amides is 1. The average Bonchev–Trinajstić information content (AvgIpc) is 2.94. The van der Waals surface area contributed by atoms with E-state index in [0.29, 0.717) is 17.8 Å². The molecule has 1 saturated heterocycles. The van der Waals surface area contributed by atoms with E-state index in [1.54, 1.807) is 25.3 Å². The number of hydrogen-bond donors (Lipinski definition) is 1. The molecule has 0 spiro atoms. The molecule has 0 unspecified atom stereocenters. The summed E-state index contributed by atoms with van der Waals surface area (Å²) in [5.74, 6) is 0.753. The second-order valence-corrected chi connectivity index (χ2v) is 6.81. The summed E-state index contributed by atoms with van der Waals surface area (Å²) in [5, 5.41) is 12.1. The Kier molecular flexibility index (Phi) is 6.45. The normalized spacial score (nSPS) is 17.6. The molecule has 5 nitrogen and oxygen atoms in total. The summed E-state index contributed by atoms with van der Waals surface area (Å²) in [4.78, 5) is 14.9. The lowest BCUT2D eigenvalue weighted by Gasteiger charge is -2.30. The number of carbonyl (C=O) groups excluding carboxylic acids is 1. The van der Waals surface area contributed by atoms with Crippen LogP contribution in [0.15, 0.2) is 48.5 Å². The molecule has 2 aromatic rings. The Labute approximate surface area is 160 Å². The third-order valence-corrected chi connectivity index (χ3v) is 5.03. The van der Waals surface area contributed by atoms with E-state index < -0.39 is 0 Å². The largest absolute Gasteiger partial charge is 0.497 e. The fourth-order valence-electron chi connectivity index (χ4n) is 3.62. The molecule has 0 radical (unpaired) electrons. The number of nitriles is 1. The molecular weight excluding hydrogens is 338 g/mol. The summed E-state index contributed by atoms with van der Waals surface area (Å²) in [6.45, 7) is 1.21. The number of hydrogen-bond acceptors (Lipinski definition) is 4. The molecule has 1 aliphatic rings. The summed E-state index contributed by atoms with van der Waals surface area (Å²) in [6.07, 6.45) is 4.47. The van der Waals surface area contributed by atoms with Gasteiger partial charge in [0.15, 0.2) is 0 Å². The molecule has 27 heavy (non-hydrogen) atoms. The standard InChI is InChI=1S/C22H25N3O2/c1-27-19-12-10-17(11-13-19)21-9-3-2-6-14-25(21)16-22(26)24-20-8-5-4-7-18(20)15-23/h4-5,7-8,10-13,21H,2-3,6,9,14,16H2,1H3,(H,24,26)/t21-/m0/s1. The van der Waals surface area contributed by atoms with Crippen molar-refractivity contribution in [3.8, 4) is 11.8 Å². The SMILES string of the molecule is COc1ccc([C@@H]2CCCCCN2CC(=O)Nc2ccccc2C#N)cc1. The lowest BCUT2D eigenvalue weighted by molar-refractivity contribution is -0.117. The minimum atomic E-state index is -0.0851. The minimum Gasteiger partial charge on any atom is -0.497 e. The van der Waals surface area contributed by atoms with Crippen molar-refractivity contribution in [1.29, 1.82) is 5.26 Å². The minimum absolute atomic E-state index is 0.0851. The monoisotopic (exact) mass is 363 g/mol. The second-order valence-electron chi connectivity index (χ2n) is 6.81. The van der Waals surface area contributed by atoms with Crippen molar-refractivity contribution in [2.75, 3.05) is 25.5 Å². The summed E-state index contributed by atoms with van der Waals surface area (Å²) < 4.78 is 5.26. The Morgan fingerprint density at radius 3 is 2.70 bits per heavy atom. The van der Waals surface area contributed by atoms with E-state index in [1.165, 1.54) is 12.0 Å². The molecule has 0 saturated carbocycles. The number of carbonyl (C=O) groups is 1. The average molecular weight is 363 g/mol. The number of likely N-dealkylation sites (tertiary alicyclic amines) is 1. The summed E-state index contributed by atoms with van der Waals surface area (Å²) in [6, 6.07) is 17.6. The van der Waals surface area contributed by atoms with Crippen LogP contribution in [0, 0.1) is 11.3 Å². The molecule has 5 heteroatoms. The van der Waals surface area contributed by atoms with Gasteiger partial charge in [-0.05, 0) is 49.2 Å². The first-order valence-corrected chi connectivity index (χ1v) is 9.38. The highest BCUT2D eigenvalue weighted by Gasteiger charge is 2.24. The molecule has 1 atom stereocenters. The van der Waals surface area contributed by atoms with Crippen LogP contribution < -0.4 is 10.1 Å². The molecule has 0 bridgehead atoms. The van der Waals surface area contributed by atoms with Crippen LogP contribution in [-0.4, -0.2) is 31.0 Å². The van der Waals surface area contributed by atoms with Gasteiger partial charge in [-0.1, -0.05) is 37.1 Å². The molecule has 1 aliphatic heterocycles. The Morgan fingerprint density at radius 1 is 1.19 bits per heavy atom. The van der Waals surface area contributed by atoms with Gasteiger partial charge in [0.1, 0.15) is 11.8 Å². The predicted molar refractivity (Wildman–Crippen MR) is 106 cm³/mol. The van der Waals surface area contributed by atoms with E-state index in [0.717, 1.165) is 31.6 Å². The lowest BCUT2D eigenvalue weighted by atomic mass is 10.0. The van der Waals surface area contributed by atoms with Crippen LogP contribution in [0.3, 0.4) is 0 Å². The first-order valence-electron chi connectivity index (χ1n) is 9.38. The molecule has 2 aromatic carbocycles. The summed E-state index contributed by atoms with van der Waals surface area (Å²) >= 11 is 0. The second kappa shape index (κ2) is 9.20. The van der Waals surface area contributed by atoms with Crippen LogP contribution in [0.4, 0.5) is 5.69 Å². The third kappa shape index (κ3) is 4.87. The highest BCUT2D eigenvalue weighted by atomic mass is 16.5. The molecule has 1 fully saturated rings.